The van der Waals surface area contributed by atoms with Crippen LogP contribution in [0, 0.1) is 11.8 Å². The zero-order valence-electron chi connectivity index (χ0n) is 13.5. The Kier molecular flexibility index (Phi) is 6.14. The largest absolute Gasteiger partial charge is 0.356 e. The van der Waals surface area contributed by atoms with Gasteiger partial charge in [0, 0.05) is 19.6 Å². The summed E-state index contributed by atoms with van der Waals surface area (Å²) in [4.78, 5) is 6.91. The van der Waals surface area contributed by atoms with Crippen molar-refractivity contribution in [3.63, 3.8) is 0 Å². The molecule has 2 aliphatic rings. The second kappa shape index (κ2) is 7.87. The van der Waals surface area contributed by atoms with Crippen molar-refractivity contribution in [1.82, 2.24) is 15.5 Å². The third-order valence-corrected chi connectivity index (χ3v) is 4.73. The number of guanidine groups is 1. The molecule has 1 aliphatic heterocycles. The van der Waals surface area contributed by atoms with E-state index in [1.165, 1.54) is 51.7 Å². The van der Waals surface area contributed by atoms with Crippen LogP contribution in [-0.2, 0) is 0 Å². The molecule has 1 saturated carbocycles. The van der Waals surface area contributed by atoms with Crippen LogP contribution in [0.15, 0.2) is 4.99 Å². The highest BCUT2D eigenvalue weighted by Gasteiger charge is 2.33. The molecule has 1 heterocycles. The Morgan fingerprint density at radius 2 is 1.90 bits per heavy atom. The number of nitrogens with zero attached hydrogens (tertiary/aromatic N) is 2. The molecular formula is C16H32N4. The Morgan fingerprint density at radius 1 is 1.20 bits per heavy atom. The van der Waals surface area contributed by atoms with Crippen LogP contribution in [0.2, 0.25) is 0 Å². The Labute approximate surface area is 124 Å². The van der Waals surface area contributed by atoms with E-state index in [9.17, 15) is 0 Å². The minimum absolute atomic E-state index is 0.650. The highest BCUT2D eigenvalue weighted by molar-refractivity contribution is 5.80. The summed E-state index contributed by atoms with van der Waals surface area (Å²) < 4.78 is 0. The van der Waals surface area contributed by atoms with Crippen LogP contribution in [0.4, 0.5) is 0 Å². The number of aliphatic imine (C=N–C) groups is 1. The first-order chi connectivity index (χ1) is 9.69. The van der Waals surface area contributed by atoms with Crippen molar-refractivity contribution >= 4 is 5.96 Å². The van der Waals surface area contributed by atoms with Crippen LogP contribution in [0.25, 0.3) is 0 Å². The van der Waals surface area contributed by atoms with Crippen LogP contribution in [0.5, 0.6) is 0 Å². The van der Waals surface area contributed by atoms with Crippen molar-refractivity contribution in [3.05, 3.63) is 0 Å². The molecule has 2 unspecified atom stereocenters. The Morgan fingerprint density at radius 3 is 2.50 bits per heavy atom. The van der Waals surface area contributed by atoms with Gasteiger partial charge in [-0.3, -0.25) is 4.99 Å². The SMILES string of the molecule is CN=C(NCCCCN1CCC(C)CC1)NC1CC1C. The average Bonchev–Trinajstić information content (AvgIpc) is 3.14. The fourth-order valence-corrected chi connectivity index (χ4v) is 2.85. The van der Waals surface area contributed by atoms with Gasteiger partial charge in [-0.1, -0.05) is 13.8 Å². The first kappa shape index (κ1) is 15.6. The summed E-state index contributed by atoms with van der Waals surface area (Å²) in [6.07, 6.45) is 6.57. The number of rotatable bonds is 6. The molecule has 0 spiro atoms. The summed E-state index contributed by atoms with van der Waals surface area (Å²) in [6, 6.07) is 0.650. The molecule has 4 heteroatoms. The maximum absolute atomic E-state index is 4.28. The average molecular weight is 280 g/mol. The monoisotopic (exact) mass is 280 g/mol. The van der Waals surface area contributed by atoms with E-state index in [1.807, 2.05) is 7.05 Å². The van der Waals surface area contributed by atoms with E-state index in [2.05, 4.69) is 34.4 Å². The molecule has 2 atom stereocenters. The van der Waals surface area contributed by atoms with Crippen molar-refractivity contribution in [2.45, 2.75) is 52.0 Å². The molecule has 0 bridgehead atoms. The highest BCUT2D eigenvalue weighted by Crippen LogP contribution is 2.28. The predicted molar refractivity (Wildman–Crippen MR) is 86.1 cm³/mol. The molecule has 1 aliphatic carbocycles. The maximum atomic E-state index is 4.28. The topological polar surface area (TPSA) is 39.7 Å². The normalized spacial score (nSPS) is 28.4. The Hall–Kier alpha value is -0.770. The van der Waals surface area contributed by atoms with Crippen LogP contribution < -0.4 is 10.6 Å². The Bertz CT molecular complexity index is 308. The molecule has 0 aromatic heterocycles. The standard InChI is InChI=1S/C16H32N4/c1-13-6-10-20(11-7-13)9-5-4-8-18-16(17-3)19-15-12-14(15)2/h13-15H,4-12H2,1-3H3,(H2,17,18,19). The van der Waals surface area contributed by atoms with E-state index >= 15 is 0 Å². The zero-order chi connectivity index (χ0) is 14.4. The smallest absolute Gasteiger partial charge is 0.191 e. The van der Waals surface area contributed by atoms with Gasteiger partial charge < -0.3 is 15.5 Å². The Balaban J connectivity index is 1.48. The van der Waals surface area contributed by atoms with Gasteiger partial charge in [0.15, 0.2) is 5.96 Å². The third-order valence-electron chi connectivity index (χ3n) is 4.73. The molecule has 2 N–H and O–H groups in total. The first-order valence-electron chi connectivity index (χ1n) is 8.38. The molecule has 0 aromatic rings. The van der Waals surface area contributed by atoms with E-state index in [-0.39, 0.29) is 0 Å². The van der Waals surface area contributed by atoms with Crippen molar-refractivity contribution in [3.8, 4) is 0 Å². The van der Waals surface area contributed by atoms with Crippen LogP contribution >= 0.6 is 0 Å². The third kappa shape index (κ3) is 5.31. The van der Waals surface area contributed by atoms with Crippen molar-refractivity contribution in [2.24, 2.45) is 16.8 Å². The van der Waals surface area contributed by atoms with Crippen LogP contribution in [0.1, 0.15) is 46.0 Å². The maximum Gasteiger partial charge on any atom is 0.191 e. The summed E-state index contributed by atoms with van der Waals surface area (Å²) in [5.74, 6) is 2.73. The van der Waals surface area contributed by atoms with Gasteiger partial charge in [0.25, 0.3) is 0 Å². The molecular weight excluding hydrogens is 248 g/mol. The van der Waals surface area contributed by atoms with Gasteiger partial charge in [-0.15, -0.1) is 0 Å². The van der Waals surface area contributed by atoms with Gasteiger partial charge in [-0.2, -0.15) is 0 Å². The van der Waals surface area contributed by atoms with Gasteiger partial charge in [-0.25, -0.2) is 0 Å². The molecule has 2 fully saturated rings. The van der Waals surface area contributed by atoms with Gasteiger partial charge in [0.2, 0.25) is 0 Å². The fourth-order valence-electron chi connectivity index (χ4n) is 2.85. The summed E-state index contributed by atoms with van der Waals surface area (Å²) in [5, 5.41) is 6.89. The van der Waals surface area contributed by atoms with E-state index in [0.29, 0.717) is 6.04 Å². The minimum Gasteiger partial charge on any atom is -0.356 e. The van der Waals surface area contributed by atoms with E-state index < -0.39 is 0 Å². The van der Waals surface area contributed by atoms with Crippen molar-refractivity contribution in [2.75, 3.05) is 33.2 Å². The number of hydrogen-bond acceptors (Lipinski definition) is 2. The highest BCUT2D eigenvalue weighted by atomic mass is 15.2. The molecule has 0 radical (unpaired) electrons. The predicted octanol–water partition coefficient (Wildman–Crippen LogP) is 2.07. The van der Waals surface area contributed by atoms with E-state index in [0.717, 1.165) is 24.3 Å². The van der Waals surface area contributed by atoms with Crippen LogP contribution in [0.3, 0.4) is 0 Å². The molecule has 116 valence electrons. The number of piperidine rings is 1. The molecule has 20 heavy (non-hydrogen) atoms. The number of unbranched alkanes of at least 4 members (excludes halogenated alkanes) is 1. The van der Waals surface area contributed by atoms with Gasteiger partial charge in [-0.05, 0) is 63.6 Å². The second-order valence-electron chi connectivity index (χ2n) is 6.69. The number of likely N-dealkylation sites (tertiary alicyclic amines) is 1. The summed E-state index contributed by atoms with van der Waals surface area (Å²) >= 11 is 0. The fraction of sp³-hybridized carbons (Fsp3) is 0.938. The summed E-state index contributed by atoms with van der Waals surface area (Å²) in [5.41, 5.74) is 0. The van der Waals surface area contributed by atoms with E-state index in [4.69, 9.17) is 0 Å². The lowest BCUT2D eigenvalue weighted by atomic mass is 9.99. The lowest BCUT2D eigenvalue weighted by Crippen LogP contribution is -2.39. The lowest BCUT2D eigenvalue weighted by Gasteiger charge is -2.30. The first-order valence-corrected chi connectivity index (χ1v) is 8.38. The number of hydrogen-bond donors (Lipinski definition) is 2. The minimum atomic E-state index is 0.650. The summed E-state index contributed by atoms with van der Waals surface area (Å²) in [6.45, 7) is 9.56. The van der Waals surface area contributed by atoms with Crippen molar-refractivity contribution in [1.29, 1.82) is 0 Å². The molecule has 2 rings (SSSR count). The van der Waals surface area contributed by atoms with Gasteiger partial charge >= 0.3 is 0 Å². The quantitative estimate of drug-likeness (QED) is 0.444. The summed E-state index contributed by atoms with van der Waals surface area (Å²) in [7, 11) is 1.86. The lowest BCUT2D eigenvalue weighted by molar-refractivity contribution is 0.189. The second-order valence-corrected chi connectivity index (χ2v) is 6.69. The molecule has 0 aromatic carbocycles. The van der Waals surface area contributed by atoms with E-state index in [1.54, 1.807) is 0 Å². The van der Waals surface area contributed by atoms with Crippen molar-refractivity contribution < 1.29 is 0 Å². The van der Waals surface area contributed by atoms with Crippen LogP contribution in [-0.4, -0.2) is 50.1 Å². The van der Waals surface area contributed by atoms with Gasteiger partial charge in [0.1, 0.15) is 0 Å². The molecule has 0 amide bonds. The zero-order valence-corrected chi connectivity index (χ0v) is 13.5. The van der Waals surface area contributed by atoms with Gasteiger partial charge in [0.05, 0.1) is 0 Å². The number of nitrogens with one attached hydrogen (secondary N) is 2. The molecule has 1 saturated heterocycles. The molecule has 4 nitrogen and oxygen atoms in total.